The Morgan fingerprint density at radius 2 is 1.55 bits per heavy atom. The van der Waals surface area contributed by atoms with Gasteiger partial charge in [0.05, 0.1) is 4.90 Å². The van der Waals surface area contributed by atoms with Crippen LogP contribution in [0.2, 0.25) is 0 Å². The first-order valence-corrected chi connectivity index (χ1v) is 8.84. The largest absolute Gasteiger partial charge is 0.320 e. The Balaban J connectivity index is 0.00000441. The normalized spacial score (nSPS) is 12.1. The maximum absolute atomic E-state index is 12.5. The number of hydrogen-bond donors (Lipinski definition) is 2. The topological polar surface area (TPSA) is 58.2 Å². The van der Waals surface area contributed by atoms with Crippen molar-refractivity contribution in [3.8, 4) is 0 Å². The predicted octanol–water partition coefficient (Wildman–Crippen LogP) is 2.91. The highest BCUT2D eigenvalue weighted by Gasteiger charge is 2.22. The molecule has 0 aliphatic rings. The minimum atomic E-state index is -3.44. The molecule has 1 aromatic rings. The molecule has 0 radical (unpaired) electrons. The van der Waals surface area contributed by atoms with E-state index in [2.05, 4.69) is 30.8 Å². The van der Waals surface area contributed by atoms with E-state index in [4.69, 9.17) is 0 Å². The van der Waals surface area contributed by atoms with Gasteiger partial charge in [-0.3, -0.25) is 0 Å². The van der Waals surface area contributed by atoms with Gasteiger partial charge in [0.2, 0.25) is 10.0 Å². The molecule has 1 aromatic carbocycles. The molecular formula is C16H29ClN2O2S. The summed E-state index contributed by atoms with van der Waals surface area (Å²) >= 11 is 0. The first kappa shape index (κ1) is 21.4. The van der Waals surface area contributed by atoms with Gasteiger partial charge in [0.25, 0.3) is 0 Å². The molecule has 0 heterocycles. The molecule has 0 bridgehead atoms. The lowest BCUT2D eigenvalue weighted by molar-refractivity contribution is 0.572. The first-order valence-electron chi connectivity index (χ1n) is 7.35. The highest BCUT2D eigenvalue weighted by molar-refractivity contribution is 7.89. The summed E-state index contributed by atoms with van der Waals surface area (Å²) in [6.45, 7) is 11.4. The van der Waals surface area contributed by atoms with Crippen LogP contribution in [-0.4, -0.2) is 28.6 Å². The molecule has 1 rings (SSSR count). The second-order valence-electron chi connectivity index (χ2n) is 6.54. The summed E-state index contributed by atoms with van der Waals surface area (Å²) in [5.41, 5.74) is 2.78. The van der Waals surface area contributed by atoms with E-state index in [9.17, 15) is 8.42 Å². The van der Waals surface area contributed by atoms with E-state index in [1.54, 1.807) is 0 Å². The van der Waals surface area contributed by atoms with Crippen molar-refractivity contribution in [2.24, 2.45) is 0 Å². The van der Waals surface area contributed by atoms with Crippen molar-refractivity contribution in [3.63, 3.8) is 0 Å². The van der Waals surface area contributed by atoms with Crippen LogP contribution in [0.5, 0.6) is 0 Å². The molecule has 0 amide bonds. The molecule has 2 N–H and O–H groups in total. The highest BCUT2D eigenvalue weighted by atomic mass is 35.5. The fourth-order valence-electron chi connectivity index (χ4n) is 2.35. The maximum atomic E-state index is 12.5. The summed E-state index contributed by atoms with van der Waals surface area (Å²) in [4.78, 5) is 0.417. The van der Waals surface area contributed by atoms with Crippen molar-refractivity contribution in [3.05, 3.63) is 28.8 Å². The summed E-state index contributed by atoms with van der Waals surface area (Å²) in [6.07, 6.45) is 0.772. The molecule has 0 aliphatic heterocycles. The molecule has 6 heteroatoms. The number of sulfonamides is 1. The summed E-state index contributed by atoms with van der Waals surface area (Å²) < 4.78 is 27.6. The molecule has 0 spiro atoms. The Bertz CT molecular complexity index is 570. The van der Waals surface area contributed by atoms with E-state index < -0.39 is 10.0 Å². The number of rotatable bonds is 6. The third-order valence-corrected chi connectivity index (χ3v) is 5.26. The average molecular weight is 349 g/mol. The lowest BCUT2D eigenvalue weighted by Crippen LogP contribution is -2.28. The van der Waals surface area contributed by atoms with Crippen LogP contribution in [0.1, 0.15) is 43.9 Å². The molecule has 4 nitrogen and oxygen atoms in total. The zero-order valence-corrected chi connectivity index (χ0v) is 16.0. The highest BCUT2D eigenvalue weighted by Crippen LogP contribution is 2.28. The van der Waals surface area contributed by atoms with Crippen molar-refractivity contribution >= 4 is 22.4 Å². The van der Waals surface area contributed by atoms with E-state index in [1.165, 1.54) is 0 Å². The van der Waals surface area contributed by atoms with Crippen LogP contribution < -0.4 is 10.0 Å². The van der Waals surface area contributed by atoms with Gasteiger partial charge >= 0.3 is 0 Å². The Labute approximate surface area is 141 Å². The molecule has 0 fully saturated rings. The molecule has 0 unspecified atom stereocenters. The molecule has 0 aromatic heterocycles. The Morgan fingerprint density at radius 3 is 1.95 bits per heavy atom. The molecule has 0 saturated heterocycles. The van der Waals surface area contributed by atoms with Gasteiger partial charge in [0, 0.05) is 6.54 Å². The molecular weight excluding hydrogens is 320 g/mol. The Hall–Kier alpha value is -0.620. The second-order valence-corrected chi connectivity index (χ2v) is 8.25. The van der Waals surface area contributed by atoms with Gasteiger partial charge in [-0.1, -0.05) is 32.9 Å². The van der Waals surface area contributed by atoms with E-state index in [-0.39, 0.29) is 17.8 Å². The average Bonchev–Trinajstić information content (AvgIpc) is 2.32. The van der Waals surface area contributed by atoms with Crippen molar-refractivity contribution in [2.45, 2.75) is 51.3 Å². The fourth-order valence-corrected chi connectivity index (χ4v) is 3.87. The zero-order chi connectivity index (χ0) is 16.3. The summed E-state index contributed by atoms with van der Waals surface area (Å²) in [6, 6.07) is 3.96. The monoisotopic (exact) mass is 348 g/mol. The van der Waals surface area contributed by atoms with Crippen LogP contribution in [0.4, 0.5) is 0 Å². The van der Waals surface area contributed by atoms with Crippen LogP contribution in [-0.2, 0) is 15.4 Å². The van der Waals surface area contributed by atoms with Crippen molar-refractivity contribution in [1.82, 2.24) is 10.0 Å². The van der Waals surface area contributed by atoms with Crippen molar-refractivity contribution in [1.29, 1.82) is 0 Å². The summed E-state index contributed by atoms with van der Waals surface area (Å²) in [5.74, 6) is 0. The van der Waals surface area contributed by atoms with Crippen LogP contribution in [0.15, 0.2) is 17.0 Å². The SMILES string of the molecule is CNCCCNS(=O)(=O)c1c(C)cc(C(C)(C)C)cc1C.Cl. The fraction of sp³-hybridized carbons (Fsp3) is 0.625. The van der Waals surface area contributed by atoms with Gasteiger partial charge in [-0.25, -0.2) is 13.1 Å². The number of nitrogens with one attached hydrogen (secondary N) is 2. The molecule has 0 aliphatic carbocycles. The number of aryl methyl sites for hydroxylation is 2. The number of benzene rings is 1. The minimum absolute atomic E-state index is 0. The smallest absolute Gasteiger partial charge is 0.241 e. The summed E-state index contributed by atoms with van der Waals surface area (Å²) in [5, 5.41) is 3.01. The van der Waals surface area contributed by atoms with Crippen LogP contribution in [0.3, 0.4) is 0 Å². The van der Waals surface area contributed by atoms with Crippen molar-refractivity contribution in [2.75, 3.05) is 20.1 Å². The third kappa shape index (κ3) is 5.54. The Kier molecular flexibility index (Phi) is 8.06. The third-order valence-electron chi connectivity index (χ3n) is 3.49. The van der Waals surface area contributed by atoms with E-state index in [0.717, 1.165) is 29.7 Å². The molecule has 0 saturated carbocycles. The van der Waals surface area contributed by atoms with Gasteiger partial charge in [0.15, 0.2) is 0 Å². The minimum Gasteiger partial charge on any atom is -0.320 e. The van der Waals surface area contributed by atoms with E-state index in [0.29, 0.717) is 11.4 Å². The standard InChI is InChI=1S/C16H28N2O2S.ClH/c1-12-10-14(16(3,4)5)11-13(2)15(12)21(19,20)18-9-7-8-17-6;/h10-11,17-18H,7-9H2,1-6H3;1H. The van der Waals surface area contributed by atoms with Crippen LogP contribution in [0.25, 0.3) is 0 Å². The lowest BCUT2D eigenvalue weighted by Gasteiger charge is -2.22. The Morgan fingerprint density at radius 1 is 1.05 bits per heavy atom. The van der Waals surface area contributed by atoms with Gasteiger partial charge in [-0.15, -0.1) is 12.4 Å². The molecule has 0 atom stereocenters. The lowest BCUT2D eigenvalue weighted by atomic mass is 9.85. The predicted molar refractivity (Wildman–Crippen MR) is 95.6 cm³/mol. The van der Waals surface area contributed by atoms with Gasteiger partial charge in [-0.2, -0.15) is 0 Å². The second kappa shape index (κ2) is 8.29. The zero-order valence-electron chi connectivity index (χ0n) is 14.4. The maximum Gasteiger partial charge on any atom is 0.241 e. The van der Waals surface area contributed by atoms with Gasteiger partial charge < -0.3 is 5.32 Å². The van der Waals surface area contributed by atoms with E-state index >= 15 is 0 Å². The van der Waals surface area contributed by atoms with Crippen LogP contribution in [0, 0.1) is 13.8 Å². The van der Waals surface area contributed by atoms with Crippen molar-refractivity contribution < 1.29 is 8.42 Å². The number of halogens is 1. The quantitative estimate of drug-likeness (QED) is 0.777. The first-order chi connectivity index (χ1) is 9.59. The van der Waals surface area contributed by atoms with Gasteiger partial charge in [0.1, 0.15) is 0 Å². The van der Waals surface area contributed by atoms with Crippen LogP contribution >= 0.6 is 12.4 Å². The molecule has 128 valence electrons. The van der Waals surface area contributed by atoms with E-state index in [1.807, 2.05) is 33.0 Å². The summed E-state index contributed by atoms with van der Waals surface area (Å²) in [7, 11) is -1.59. The molecule has 22 heavy (non-hydrogen) atoms. The van der Waals surface area contributed by atoms with Gasteiger partial charge in [-0.05, 0) is 56.0 Å². The number of hydrogen-bond acceptors (Lipinski definition) is 3.